The molecule has 0 spiro atoms. The fraction of sp³-hybridized carbons (Fsp3) is 0. The van der Waals surface area contributed by atoms with Gasteiger partial charge in [-0.05, 0) is 73.3 Å². The molecule has 0 aliphatic rings. The topological polar surface area (TPSA) is 51.6 Å². The Labute approximate surface area is 348 Å². The van der Waals surface area contributed by atoms with Crippen LogP contribution in [0.3, 0.4) is 0 Å². The van der Waals surface area contributed by atoms with E-state index in [4.69, 9.17) is 19.9 Å². The molecule has 9 aromatic carbocycles. The average molecular weight is 765 g/mol. The zero-order valence-corrected chi connectivity index (χ0v) is 32.6. The molecule has 0 aliphatic heterocycles. The minimum absolute atomic E-state index is 0.631. The fourth-order valence-corrected chi connectivity index (χ4v) is 8.21. The van der Waals surface area contributed by atoms with Gasteiger partial charge in [0, 0.05) is 39.2 Å². The number of pyridine rings is 1. The Morgan fingerprint density at radius 3 is 1.33 bits per heavy atom. The normalized spacial score (nSPS) is 11.3. The van der Waals surface area contributed by atoms with Crippen LogP contribution in [0.4, 0.5) is 0 Å². The Morgan fingerprint density at radius 1 is 0.233 bits per heavy atom. The zero-order valence-electron chi connectivity index (χ0n) is 32.6. The molecule has 11 aromatic rings. The lowest BCUT2D eigenvalue weighted by molar-refractivity contribution is 1.07. The number of benzene rings is 9. The van der Waals surface area contributed by atoms with Crippen molar-refractivity contribution in [3.05, 3.63) is 219 Å². The van der Waals surface area contributed by atoms with Gasteiger partial charge >= 0.3 is 0 Å². The third-order valence-corrected chi connectivity index (χ3v) is 11.4. The van der Waals surface area contributed by atoms with Gasteiger partial charge in [-0.15, -0.1) is 0 Å². The largest absolute Gasteiger partial charge is 0.255 e. The van der Waals surface area contributed by atoms with E-state index in [2.05, 4.69) is 176 Å². The van der Waals surface area contributed by atoms with Crippen LogP contribution in [-0.2, 0) is 0 Å². The van der Waals surface area contributed by atoms with E-state index in [1.807, 2.05) is 42.6 Å². The number of rotatable bonds is 7. The monoisotopic (exact) mass is 764 g/mol. The minimum atomic E-state index is 0.631. The van der Waals surface area contributed by atoms with E-state index in [1.54, 1.807) is 0 Å². The number of nitrogens with zero attached hydrogens (tertiary/aromatic N) is 4. The Kier molecular flexibility index (Phi) is 8.79. The average Bonchev–Trinajstić information content (AvgIpc) is 3.34. The lowest BCUT2D eigenvalue weighted by Gasteiger charge is -2.11. The molecule has 280 valence electrons. The summed E-state index contributed by atoms with van der Waals surface area (Å²) >= 11 is 0. The highest BCUT2D eigenvalue weighted by molar-refractivity contribution is 6.16. The number of aromatic nitrogens is 4. The molecule has 0 aliphatic carbocycles. The van der Waals surface area contributed by atoms with E-state index < -0.39 is 0 Å². The highest BCUT2D eigenvalue weighted by Crippen LogP contribution is 2.35. The first kappa shape index (κ1) is 35.1. The summed E-state index contributed by atoms with van der Waals surface area (Å²) in [5.74, 6) is 1.91. The van der Waals surface area contributed by atoms with Crippen molar-refractivity contribution in [2.45, 2.75) is 0 Å². The van der Waals surface area contributed by atoms with Crippen molar-refractivity contribution in [1.82, 2.24) is 19.9 Å². The molecule has 0 saturated carbocycles. The van der Waals surface area contributed by atoms with Crippen LogP contribution >= 0.6 is 0 Å². The van der Waals surface area contributed by atoms with Gasteiger partial charge in [-0.1, -0.05) is 194 Å². The maximum atomic E-state index is 5.04. The molecule has 0 bridgehead atoms. The highest BCUT2D eigenvalue weighted by Gasteiger charge is 2.14. The maximum absolute atomic E-state index is 5.04. The summed E-state index contributed by atoms with van der Waals surface area (Å²) in [4.78, 5) is 20.0. The molecule has 4 heteroatoms. The first-order chi connectivity index (χ1) is 29.7. The molecule has 2 aromatic heterocycles. The molecule has 0 atom stereocenters. The lowest BCUT2D eigenvalue weighted by atomic mass is 9.96. The van der Waals surface area contributed by atoms with Crippen molar-refractivity contribution in [1.29, 1.82) is 0 Å². The van der Waals surface area contributed by atoms with Gasteiger partial charge in [0.1, 0.15) is 0 Å². The molecule has 11 rings (SSSR count). The molecule has 0 saturated heterocycles. The molecule has 0 amide bonds. The summed E-state index contributed by atoms with van der Waals surface area (Å²) in [6, 6.07) is 74.5. The summed E-state index contributed by atoms with van der Waals surface area (Å²) < 4.78 is 0. The molecule has 60 heavy (non-hydrogen) atoms. The highest BCUT2D eigenvalue weighted by atomic mass is 15.0. The van der Waals surface area contributed by atoms with E-state index in [1.165, 1.54) is 27.1 Å². The molecule has 0 fully saturated rings. The van der Waals surface area contributed by atoms with Crippen LogP contribution in [-0.4, -0.2) is 19.9 Å². The second-order valence-electron chi connectivity index (χ2n) is 15.1. The second kappa shape index (κ2) is 15.0. The number of hydrogen-bond acceptors (Lipinski definition) is 4. The summed E-state index contributed by atoms with van der Waals surface area (Å²) in [6.07, 6.45) is 2.01. The standard InChI is InChI=1S/C56H36N4/c1-3-11-37(12-4-1)38-25-27-43(28-26-38)55-58-54(42-14-5-2-6-15-42)59-56(60-55)48-19-10-17-45(34-48)40-23-21-39(22-24-40)44-16-9-18-46(33-44)49-35-47-30-31-51-50-20-8-7-13-41(50)29-32-52(51)53(47)57-36-49/h1-36H. The quantitative estimate of drug-likeness (QED) is 0.152. The van der Waals surface area contributed by atoms with Crippen LogP contribution < -0.4 is 0 Å². The predicted molar refractivity (Wildman–Crippen MR) is 248 cm³/mol. The van der Waals surface area contributed by atoms with Crippen LogP contribution in [0.1, 0.15) is 0 Å². The van der Waals surface area contributed by atoms with Gasteiger partial charge in [0.25, 0.3) is 0 Å². The van der Waals surface area contributed by atoms with Crippen LogP contribution in [0.2, 0.25) is 0 Å². The van der Waals surface area contributed by atoms with Crippen LogP contribution in [0.25, 0.3) is 111 Å². The SMILES string of the molecule is c1ccc(-c2ccc(-c3nc(-c4ccccc4)nc(-c4cccc(-c5ccc(-c6cccc(-c7cnc8c(ccc9c%10ccccc%10ccc98)c7)c6)cc5)c4)n3)cc2)cc1. The summed E-state index contributed by atoms with van der Waals surface area (Å²) in [7, 11) is 0. The Bertz CT molecular complexity index is 3340. The van der Waals surface area contributed by atoms with Gasteiger partial charge in [-0.2, -0.15) is 0 Å². The Hall–Kier alpha value is -8.08. The van der Waals surface area contributed by atoms with Crippen molar-refractivity contribution in [3.8, 4) is 78.7 Å². The van der Waals surface area contributed by atoms with Crippen LogP contribution in [0.5, 0.6) is 0 Å². The van der Waals surface area contributed by atoms with Crippen molar-refractivity contribution < 1.29 is 0 Å². The molecule has 0 radical (unpaired) electrons. The zero-order chi connectivity index (χ0) is 39.8. The van der Waals surface area contributed by atoms with Crippen LogP contribution in [0, 0.1) is 0 Å². The van der Waals surface area contributed by atoms with Gasteiger partial charge in [0.05, 0.1) is 5.52 Å². The first-order valence-corrected chi connectivity index (χ1v) is 20.2. The third kappa shape index (κ3) is 6.66. The van der Waals surface area contributed by atoms with E-state index in [0.29, 0.717) is 17.5 Å². The number of fused-ring (bicyclic) bond motifs is 5. The third-order valence-electron chi connectivity index (χ3n) is 11.4. The van der Waals surface area contributed by atoms with E-state index in [9.17, 15) is 0 Å². The smallest absolute Gasteiger partial charge is 0.164 e. The second-order valence-corrected chi connectivity index (χ2v) is 15.1. The molecule has 0 unspecified atom stereocenters. The van der Waals surface area contributed by atoms with Crippen LogP contribution in [0.15, 0.2) is 219 Å². The molecular weight excluding hydrogens is 729 g/mol. The van der Waals surface area contributed by atoms with Gasteiger partial charge in [-0.3, -0.25) is 4.98 Å². The summed E-state index contributed by atoms with van der Waals surface area (Å²) in [6.45, 7) is 0. The van der Waals surface area contributed by atoms with E-state index >= 15 is 0 Å². The lowest BCUT2D eigenvalue weighted by Crippen LogP contribution is -2.00. The summed E-state index contributed by atoms with van der Waals surface area (Å²) in [5.41, 5.74) is 12.9. The Balaban J connectivity index is 0.887. The predicted octanol–water partition coefficient (Wildman–Crippen LogP) is 14.4. The minimum Gasteiger partial charge on any atom is -0.255 e. The van der Waals surface area contributed by atoms with Crippen molar-refractivity contribution in [2.24, 2.45) is 0 Å². The van der Waals surface area contributed by atoms with Gasteiger partial charge in [-0.25, -0.2) is 15.0 Å². The molecule has 2 heterocycles. The summed E-state index contributed by atoms with van der Waals surface area (Å²) in [5, 5.41) is 6.04. The number of hydrogen-bond donors (Lipinski definition) is 0. The van der Waals surface area contributed by atoms with Crippen molar-refractivity contribution in [3.63, 3.8) is 0 Å². The van der Waals surface area contributed by atoms with Gasteiger partial charge in [0.2, 0.25) is 0 Å². The van der Waals surface area contributed by atoms with E-state index in [-0.39, 0.29) is 0 Å². The Morgan fingerprint density at radius 2 is 0.667 bits per heavy atom. The van der Waals surface area contributed by atoms with E-state index in [0.717, 1.165) is 66.5 Å². The first-order valence-electron chi connectivity index (χ1n) is 20.2. The van der Waals surface area contributed by atoms with Gasteiger partial charge in [0.15, 0.2) is 17.5 Å². The fourth-order valence-electron chi connectivity index (χ4n) is 8.21. The molecule has 4 nitrogen and oxygen atoms in total. The maximum Gasteiger partial charge on any atom is 0.164 e. The van der Waals surface area contributed by atoms with Gasteiger partial charge < -0.3 is 0 Å². The molecular formula is C56H36N4. The molecule has 0 N–H and O–H groups in total. The van der Waals surface area contributed by atoms with Crippen molar-refractivity contribution >= 4 is 32.4 Å². The van der Waals surface area contributed by atoms with Crippen molar-refractivity contribution in [2.75, 3.05) is 0 Å².